The second-order valence-corrected chi connectivity index (χ2v) is 10.3. The molecule has 6 rings (SSSR count). The lowest BCUT2D eigenvalue weighted by Gasteiger charge is -2.39. The van der Waals surface area contributed by atoms with Crippen molar-refractivity contribution in [1.82, 2.24) is 19.5 Å². The van der Waals surface area contributed by atoms with Gasteiger partial charge in [0.15, 0.2) is 11.3 Å². The molecule has 5 heterocycles. The van der Waals surface area contributed by atoms with Crippen molar-refractivity contribution < 1.29 is 22.7 Å². The van der Waals surface area contributed by atoms with Gasteiger partial charge in [-0.1, -0.05) is 6.07 Å². The Kier molecular flexibility index (Phi) is 5.47. The summed E-state index contributed by atoms with van der Waals surface area (Å²) in [5.41, 5.74) is 3.67. The first-order valence-corrected chi connectivity index (χ1v) is 12.4. The van der Waals surface area contributed by atoms with Gasteiger partial charge in [-0.05, 0) is 80.4 Å². The van der Waals surface area contributed by atoms with Crippen LogP contribution in [0.5, 0.6) is 0 Å². The maximum Gasteiger partial charge on any atom is 0.434 e. The number of hydrogen-bond donors (Lipinski definition) is 0. The third-order valence-electron chi connectivity index (χ3n) is 8.25. The fourth-order valence-corrected chi connectivity index (χ4v) is 5.91. The standard InChI is InChI=1S/C26H28F3N5O2/c1-17-18(2-3-19-20(17)15-36-24(19)35)6-10-32-11-7-25(8-12-32)9-13-33(16-25)23-5-4-22-30-21(26(27,28)29)14-34(22)31-23/h2-5,14H,6-13,15-16H2,1H3. The first kappa shape index (κ1) is 23.3. The van der Waals surface area contributed by atoms with Gasteiger partial charge in [-0.3, -0.25) is 0 Å². The summed E-state index contributed by atoms with van der Waals surface area (Å²) >= 11 is 0. The monoisotopic (exact) mass is 499 g/mol. The molecule has 0 radical (unpaired) electrons. The Bertz CT molecular complexity index is 1330. The highest BCUT2D eigenvalue weighted by Gasteiger charge is 2.41. The highest BCUT2D eigenvalue weighted by molar-refractivity contribution is 5.93. The highest BCUT2D eigenvalue weighted by Crippen LogP contribution is 2.41. The molecule has 36 heavy (non-hydrogen) atoms. The second-order valence-electron chi connectivity index (χ2n) is 10.3. The van der Waals surface area contributed by atoms with Gasteiger partial charge in [0.2, 0.25) is 0 Å². The fraction of sp³-hybridized carbons (Fsp3) is 0.500. The number of piperidine rings is 1. The SMILES string of the molecule is Cc1c(CCN2CCC3(CC2)CCN(c2ccc4nc(C(F)(F)F)cn4n2)C3)ccc2c1COC2=O. The molecule has 2 aromatic heterocycles. The Morgan fingerprint density at radius 2 is 1.86 bits per heavy atom. The number of cyclic esters (lactones) is 1. The Morgan fingerprint density at radius 1 is 1.08 bits per heavy atom. The lowest BCUT2D eigenvalue weighted by Crippen LogP contribution is -2.42. The molecule has 1 aromatic carbocycles. The van der Waals surface area contributed by atoms with Crippen LogP contribution in [0.25, 0.3) is 5.65 Å². The van der Waals surface area contributed by atoms with Gasteiger partial charge in [-0.25, -0.2) is 14.3 Å². The third-order valence-corrected chi connectivity index (χ3v) is 8.25. The summed E-state index contributed by atoms with van der Waals surface area (Å²) in [6, 6.07) is 7.33. The summed E-state index contributed by atoms with van der Waals surface area (Å²) in [6.07, 6.45) is 0.682. The molecule has 10 heteroatoms. The van der Waals surface area contributed by atoms with Crippen molar-refractivity contribution in [3.05, 3.63) is 58.4 Å². The van der Waals surface area contributed by atoms with Crippen LogP contribution in [0, 0.1) is 12.3 Å². The van der Waals surface area contributed by atoms with Crippen molar-refractivity contribution >= 4 is 17.4 Å². The quantitative estimate of drug-likeness (QED) is 0.500. The van der Waals surface area contributed by atoms with Gasteiger partial charge in [0.05, 0.1) is 11.8 Å². The number of anilines is 1. The number of ether oxygens (including phenoxy) is 1. The Balaban J connectivity index is 1.06. The molecule has 2 fully saturated rings. The van der Waals surface area contributed by atoms with E-state index in [0.29, 0.717) is 18.0 Å². The van der Waals surface area contributed by atoms with Crippen LogP contribution in [-0.2, 0) is 23.9 Å². The number of hydrogen-bond acceptors (Lipinski definition) is 6. The molecule has 2 saturated heterocycles. The molecule has 0 aliphatic carbocycles. The molecule has 0 amide bonds. The van der Waals surface area contributed by atoms with Gasteiger partial charge in [-0.2, -0.15) is 13.2 Å². The minimum absolute atomic E-state index is 0.200. The van der Waals surface area contributed by atoms with E-state index in [-0.39, 0.29) is 17.0 Å². The molecule has 0 bridgehead atoms. The predicted molar refractivity (Wildman–Crippen MR) is 127 cm³/mol. The summed E-state index contributed by atoms with van der Waals surface area (Å²) in [5, 5.41) is 4.42. The first-order valence-electron chi connectivity index (χ1n) is 12.4. The van der Waals surface area contributed by atoms with E-state index in [9.17, 15) is 18.0 Å². The minimum Gasteiger partial charge on any atom is -0.457 e. The molecule has 190 valence electrons. The predicted octanol–water partition coefficient (Wildman–Crippen LogP) is 4.26. The maximum atomic E-state index is 13.0. The minimum atomic E-state index is -4.48. The van der Waals surface area contributed by atoms with E-state index in [0.717, 1.165) is 70.2 Å². The smallest absolute Gasteiger partial charge is 0.434 e. The van der Waals surface area contributed by atoms with Crippen molar-refractivity contribution in [2.24, 2.45) is 5.41 Å². The molecular formula is C26H28F3N5O2. The maximum absolute atomic E-state index is 13.0. The zero-order valence-electron chi connectivity index (χ0n) is 20.1. The number of likely N-dealkylation sites (tertiary alicyclic amines) is 1. The van der Waals surface area contributed by atoms with Crippen LogP contribution in [0.4, 0.5) is 19.0 Å². The molecular weight excluding hydrogens is 471 g/mol. The Hall–Kier alpha value is -3.14. The van der Waals surface area contributed by atoms with E-state index in [2.05, 4.69) is 32.9 Å². The van der Waals surface area contributed by atoms with E-state index in [4.69, 9.17) is 4.74 Å². The van der Waals surface area contributed by atoms with Gasteiger partial charge in [0.25, 0.3) is 0 Å². The normalized spacial score (nSPS) is 19.9. The number of alkyl halides is 3. The number of benzene rings is 1. The van der Waals surface area contributed by atoms with Crippen LogP contribution in [0.1, 0.15) is 52.0 Å². The number of aromatic nitrogens is 3. The zero-order valence-corrected chi connectivity index (χ0v) is 20.1. The average Bonchev–Trinajstić information content (AvgIpc) is 3.57. The van der Waals surface area contributed by atoms with Gasteiger partial charge in [-0.15, -0.1) is 5.10 Å². The summed E-state index contributed by atoms with van der Waals surface area (Å²) in [7, 11) is 0. The molecule has 7 nitrogen and oxygen atoms in total. The second kappa shape index (κ2) is 8.47. The molecule has 0 unspecified atom stereocenters. The number of rotatable bonds is 4. The zero-order chi connectivity index (χ0) is 25.1. The van der Waals surface area contributed by atoms with E-state index < -0.39 is 11.9 Å². The first-order chi connectivity index (χ1) is 17.2. The van der Waals surface area contributed by atoms with Crippen LogP contribution in [0.2, 0.25) is 0 Å². The number of halogens is 3. The van der Waals surface area contributed by atoms with E-state index in [1.165, 1.54) is 15.6 Å². The van der Waals surface area contributed by atoms with Crippen molar-refractivity contribution in [2.75, 3.05) is 37.6 Å². The van der Waals surface area contributed by atoms with Crippen LogP contribution >= 0.6 is 0 Å². The molecule has 0 N–H and O–H groups in total. The van der Waals surface area contributed by atoms with Crippen LogP contribution in [0.15, 0.2) is 30.5 Å². The average molecular weight is 500 g/mol. The summed E-state index contributed by atoms with van der Waals surface area (Å²) in [6.45, 7) is 7.22. The van der Waals surface area contributed by atoms with E-state index >= 15 is 0 Å². The number of fused-ring (bicyclic) bond motifs is 2. The number of nitrogens with zero attached hydrogens (tertiary/aromatic N) is 5. The number of carbonyl (C=O) groups is 1. The molecule has 0 atom stereocenters. The third kappa shape index (κ3) is 4.11. The van der Waals surface area contributed by atoms with Crippen molar-refractivity contribution in [3.8, 4) is 0 Å². The van der Waals surface area contributed by atoms with E-state index in [1.54, 1.807) is 12.1 Å². The van der Waals surface area contributed by atoms with E-state index in [1.807, 2.05) is 6.07 Å². The summed E-state index contributed by atoms with van der Waals surface area (Å²) < 4.78 is 45.4. The summed E-state index contributed by atoms with van der Waals surface area (Å²) in [5.74, 6) is 0.472. The molecule has 3 aromatic rings. The Morgan fingerprint density at radius 3 is 2.64 bits per heavy atom. The Labute approximate surface area is 206 Å². The highest BCUT2D eigenvalue weighted by atomic mass is 19.4. The number of carbonyl (C=O) groups excluding carboxylic acids is 1. The van der Waals surface area contributed by atoms with Gasteiger partial charge in [0.1, 0.15) is 12.4 Å². The number of esters is 1. The number of imidazole rings is 1. The van der Waals surface area contributed by atoms with Gasteiger partial charge < -0.3 is 14.5 Å². The topological polar surface area (TPSA) is 63.0 Å². The lowest BCUT2D eigenvalue weighted by atomic mass is 9.77. The lowest BCUT2D eigenvalue weighted by molar-refractivity contribution is -0.140. The van der Waals surface area contributed by atoms with Crippen molar-refractivity contribution in [1.29, 1.82) is 0 Å². The van der Waals surface area contributed by atoms with Gasteiger partial charge in [0, 0.05) is 25.2 Å². The largest absolute Gasteiger partial charge is 0.457 e. The van der Waals surface area contributed by atoms with Crippen LogP contribution in [-0.4, -0.2) is 58.2 Å². The molecule has 1 spiro atoms. The van der Waals surface area contributed by atoms with Crippen LogP contribution < -0.4 is 4.90 Å². The van der Waals surface area contributed by atoms with Crippen molar-refractivity contribution in [2.45, 2.75) is 45.4 Å². The molecule has 3 aliphatic heterocycles. The molecule has 0 saturated carbocycles. The van der Waals surface area contributed by atoms with Gasteiger partial charge >= 0.3 is 12.1 Å². The van der Waals surface area contributed by atoms with Crippen LogP contribution in [0.3, 0.4) is 0 Å². The summed E-state index contributed by atoms with van der Waals surface area (Å²) in [4.78, 5) is 20.1. The van der Waals surface area contributed by atoms with Crippen molar-refractivity contribution in [3.63, 3.8) is 0 Å². The molecule has 3 aliphatic rings. The fourth-order valence-electron chi connectivity index (χ4n) is 5.91.